The number of hydrogen-bond donors (Lipinski definition) is 0. The molecule has 0 fully saturated rings. The minimum Gasteiger partial charge on any atom is -0.269 e. The molecule has 0 saturated carbocycles. The highest BCUT2D eigenvalue weighted by Crippen LogP contribution is 2.17. The summed E-state index contributed by atoms with van der Waals surface area (Å²) in [4.78, 5) is 21.4. The molecule has 0 saturated heterocycles. The first-order valence-corrected chi connectivity index (χ1v) is 4.10. The number of nitrogens with zero attached hydrogens (tertiary/aromatic N) is 2. The van der Waals surface area contributed by atoms with Crippen molar-refractivity contribution < 1.29 is 9.83 Å². The van der Waals surface area contributed by atoms with Crippen LogP contribution >= 0.6 is 11.6 Å². The number of hydrazine groups is 1. The van der Waals surface area contributed by atoms with E-state index in [0.717, 1.165) is 6.92 Å². The maximum Gasteiger partial charge on any atom is 0.286 e. The predicted molar refractivity (Wildman–Crippen MR) is 51.6 cm³/mol. The number of halogens is 1. The number of nitro groups is 1. The van der Waals surface area contributed by atoms with Crippen LogP contribution in [-0.4, -0.2) is 10.9 Å². The molecule has 0 aromatic heterocycles. The molecular formula is C8H7ClN2O3. The lowest BCUT2D eigenvalue weighted by Crippen LogP contribution is -2.34. The summed E-state index contributed by atoms with van der Waals surface area (Å²) in [5.74, 6) is -0.655. The molecule has 0 aliphatic rings. The highest BCUT2D eigenvalue weighted by Gasteiger charge is 2.21. The fraction of sp³-hybridized carbons (Fsp3) is 0.125. The van der Waals surface area contributed by atoms with Crippen molar-refractivity contribution in [2.24, 2.45) is 0 Å². The summed E-state index contributed by atoms with van der Waals surface area (Å²) in [6, 6.07) is 5.78. The summed E-state index contributed by atoms with van der Waals surface area (Å²) in [5, 5.41) is 10.6. The molecule has 0 spiro atoms. The third-order valence-electron chi connectivity index (χ3n) is 1.53. The van der Waals surface area contributed by atoms with E-state index in [1.54, 1.807) is 0 Å². The number of hydrogen-bond acceptors (Lipinski definition) is 3. The second-order valence-corrected chi connectivity index (χ2v) is 2.98. The first kappa shape index (κ1) is 10.5. The van der Waals surface area contributed by atoms with E-state index in [1.165, 1.54) is 24.3 Å². The number of amides is 1. The Labute approximate surface area is 85.0 Å². The van der Waals surface area contributed by atoms with Crippen molar-refractivity contribution in [3.05, 3.63) is 39.4 Å². The van der Waals surface area contributed by atoms with Gasteiger partial charge in [-0.15, -0.1) is 0 Å². The first-order valence-electron chi connectivity index (χ1n) is 3.73. The van der Waals surface area contributed by atoms with Gasteiger partial charge in [0.2, 0.25) is 0 Å². The second-order valence-electron chi connectivity index (χ2n) is 2.55. The molecule has 0 aliphatic carbocycles. The monoisotopic (exact) mass is 214 g/mol. The quantitative estimate of drug-likeness (QED) is 0.558. The smallest absolute Gasteiger partial charge is 0.269 e. The number of anilines is 1. The van der Waals surface area contributed by atoms with Crippen LogP contribution in [0.1, 0.15) is 6.92 Å². The van der Waals surface area contributed by atoms with Gasteiger partial charge in [-0.1, -0.05) is 11.6 Å². The van der Waals surface area contributed by atoms with Crippen molar-refractivity contribution in [3.8, 4) is 0 Å². The van der Waals surface area contributed by atoms with Crippen molar-refractivity contribution in [2.75, 3.05) is 5.01 Å². The lowest BCUT2D eigenvalue weighted by Gasteiger charge is -2.09. The van der Waals surface area contributed by atoms with E-state index in [9.17, 15) is 14.9 Å². The molecule has 0 aliphatic heterocycles. The Morgan fingerprint density at radius 1 is 1.43 bits per heavy atom. The van der Waals surface area contributed by atoms with Gasteiger partial charge in [-0.25, -0.2) is 10.1 Å². The topological polar surface area (TPSA) is 63.5 Å². The van der Waals surface area contributed by atoms with Crippen molar-refractivity contribution in [2.45, 2.75) is 6.92 Å². The van der Waals surface area contributed by atoms with Crippen LogP contribution in [0.2, 0.25) is 5.02 Å². The van der Waals surface area contributed by atoms with Crippen molar-refractivity contribution in [3.63, 3.8) is 0 Å². The van der Waals surface area contributed by atoms with Gasteiger partial charge in [-0.3, -0.25) is 4.79 Å². The van der Waals surface area contributed by atoms with Crippen LogP contribution < -0.4 is 5.01 Å². The van der Waals surface area contributed by atoms with Gasteiger partial charge in [0.1, 0.15) is 5.69 Å². The van der Waals surface area contributed by atoms with Crippen molar-refractivity contribution >= 4 is 23.2 Å². The van der Waals surface area contributed by atoms with Gasteiger partial charge in [-0.05, 0) is 29.3 Å². The van der Waals surface area contributed by atoms with Crippen LogP contribution in [0.15, 0.2) is 24.3 Å². The molecule has 0 heterocycles. The van der Waals surface area contributed by atoms with Crippen LogP contribution in [-0.2, 0) is 4.79 Å². The van der Waals surface area contributed by atoms with Crippen molar-refractivity contribution in [1.82, 2.24) is 0 Å². The Hall–Kier alpha value is -1.62. The Morgan fingerprint density at radius 2 is 1.93 bits per heavy atom. The molecule has 6 heteroatoms. The van der Waals surface area contributed by atoms with Gasteiger partial charge >= 0.3 is 0 Å². The summed E-state index contributed by atoms with van der Waals surface area (Å²) < 4.78 is 0. The van der Waals surface area contributed by atoms with Crippen LogP contribution in [0.4, 0.5) is 5.69 Å². The lowest BCUT2D eigenvalue weighted by molar-refractivity contribution is -0.483. The summed E-state index contributed by atoms with van der Waals surface area (Å²) >= 11 is 5.60. The molecule has 1 aromatic rings. The molecule has 5 nitrogen and oxygen atoms in total. The molecule has 14 heavy (non-hydrogen) atoms. The number of rotatable bonds is 2. The van der Waals surface area contributed by atoms with Gasteiger partial charge in [0, 0.05) is 11.9 Å². The summed E-state index contributed by atoms with van der Waals surface area (Å²) in [6.45, 7) is 1.12. The summed E-state index contributed by atoms with van der Waals surface area (Å²) in [5.41, 5.74) is 0.187. The molecule has 0 atom stereocenters. The molecular weight excluding hydrogens is 208 g/mol. The molecule has 0 radical (unpaired) electrons. The Bertz CT molecular complexity index is 349. The van der Waals surface area contributed by atoms with Gasteiger partial charge in [-0.2, -0.15) is 0 Å². The maximum atomic E-state index is 10.9. The van der Waals surface area contributed by atoms with E-state index in [-0.39, 0.29) is 5.69 Å². The normalized spacial score (nSPS) is 9.57. The molecule has 74 valence electrons. The zero-order valence-electron chi connectivity index (χ0n) is 7.31. The van der Waals surface area contributed by atoms with E-state index in [2.05, 4.69) is 0 Å². The molecule has 1 aromatic carbocycles. The number of carbonyl (C=O) groups is 1. The largest absolute Gasteiger partial charge is 0.286 e. The summed E-state index contributed by atoms with van der Waals surface area (Å²) in [7, 11) is 0. The van der Waals surface area contributed by atoms with E-state index in [0.29, 0.717) is 10.0 Å². The first-order chi connectivity index (χ1) is 6.52. The third-order valence-corrected chi connectivity index (χ3v) is 1.78. The number of carbonyl (C=O) groups excluding carboxylic acids is 1. The minimum atomic E-state index is -0.772. The van der Waals surface area contributed by atoms with E-state index >= 15 is 0 Å². The molecule has 0 N–H and O–H groups in total. The average molecular weight is 215 g/mol. The van der Waals surface area contributed by atoms with Gasteiger partial charge in [0.15, 0.2) is 5.03 Å². The molecule has 0 bridgehead atoms. The van der Waals surface area contributed by atoms with Crippen LogP contribution in [0.5, 0.6) is 0 Å². The van der Waals surface area contributed by atoms with Crippen LogP contribution in [0.3, 0.4) is 0 Å². The number of benzene rings is 1. The fourth-order valence-electron chi connectivity index (χ4n) is 0.973. The van der Waals surface area contributed by atoms with Gasteiger partial charge < -0.3 is 0 Å². The Morgan fingerprint density at radius 3 is 2.29 bits per heavy atom. The zero-order valence-corrected chi connectivity index (χ0v) is 8.06. The molecule has 1 rings (SSSR count). The minimum absolute atomic E-state index is 0.187. The summed E-state index contributed by atoms with van der Waals surface area (Å²) in [6.07, 6.45) is 0. The van der Waals surface area contributed by atoms with Crippen molar-refractivity contribution in [1.29, 1.82) is 0 Å². The van der Waals surface area contributed by atoms with Gasteiger partial charge in [0.05, 0.1) is 0 Å². The van der Waals surface area contributed by atoms with Gasteiger partial charge in [0.25, 0.3) is 5.91 Å². The maximum absolute atomic E-state index is 10.9. The zero-order chi connectivity index (χ0) is 10.7. The predicted octanol–water partition coefficient (Wildman–Crippen LogP) is 1.88. The molecule has 0 unspecified atom stereocenters. The van der Waals surface area contributed by atoms with E-state index < -0.39 is 10.9 Å². The third kappa shape index (κ3) is 2.20. The van der Waals surface area contributed by atoms with E-state index in [4.69, 9.17) is 11.6 Å². The fourth-order valence-corrected chi connectivity index (χ4v) is 1.10. The van der Waals surface area contributed by atoms with Crippen LogP contribution in [0.25, 0.3) is 0 Å². The average Bonchev–Trinajstić information content (AvgIpc) is 2.07. The standard InChI is InChI=1S/C8H7ClN2O3/c1-6(12)10(11(13)14)8-4-2-7(9)3-5-8/h2-5H,1H3. The highest BCUT2D eigenvalue weighted by molar-refractivity contribution is 6.30. The Balaban J connectivity index is 3.06. The Kier molecular flexibility index (Phi) is 3.03. The molecule has 1 amide bonds. The lowest BCUT2D eigenvalue weighted by atomic mass is 10.3. The SMILES string of the molecule is CC(=O)N(c1ccc(Cl)cc1)[N+](=O)[O-]. The highest BCUT2D eigenvalue weighted by atomic mass is 35.5. The van der Waals surface area contributed by atoms with E-state index in [1.807, 2.05) is 0 Å². The second kappa shape index (κ2) is 4.06. The van der Waals surface area contributed by atoms with Crippen LogP contribution in [0, 0.1) is 10.1 Å².